The summed E-state index contributed by atoms with van der Waals surface area (Å²) in [7, 11) is 0. The molecule has 3 rings (SSSR count). The van der Waals surface area contributed by atoms with Crippen LogP contribution in [0, 0.1) is 0 Å². The predicted octanol–water partition coefficient (Wildman–Crippen LogP) is 2.92. The third kappa shape index (κ3) is 5.28. The molecule has 2 aromatic carbocycles. The third-order valence-electron chi connectivity index (χ3n) is 4.10. The van der Waals surface area contributed by atoms with Gasteiger partial charge in [-0.15, -0.1) is 0 Å². The molecule has 1 heterocycles. The summed E-state index contributed by atoms with van der Waals surface area (Å²) in [5.74, 6) is -0.754. The van der Waals surface area contributed by atoms with Gasteiger partial charge in [0.25, 0.3) is 5.56 Å². The Kier molecular flexibility index (Phi) is 5.77. The summed E-state index contributed by atoms with van der Waals surface area (Å²) >= 11 is 0. The Labute approximate surface area is 168 Å². The summed E-state index contributed by atoms with van der Waals surface area (Å²) in [6, 6.07) is 14.1. The summed E-state index contributed by atoms with van der Waals surface area (Å²) in [5, 5.41) is 2.79. The highest BCUT2D eigenvalue weighted by Crippen LogP contribution is 2.18. The molecule has 1 aromatic heterocycles. The van der Waals surface area contributed by atoms with Crippen molar-refractivity contribution in [2.45, 2.75) is 39.3 Å². The van der Waals surface area contributed by atoms with Crippen molar-refractivity contribution in [1.29, 1.82) is 0 Å². The zero-order valence-corrected chi connectivity index (χ0v) is 16.6. The average molecular weight is 393 g/mol. The van der Waals surface area contributed by atoms with E-state index in [9.17, 15) is 14.4 Å². The van der Waals surface area contributed by atoms with Gasteiger partial charge in [0.15, 0.2) is 0 Å². The van der Waals surface area contributed by atoms with Gasteiger partial charge in [-0.05, 0) is 44.5 Å². The van der Waals surface area contributed by atoms with Crippen molar-refractivity contribution in [3.05, 3.63) is 70.6 Å². The van der Waals surface area contributed by atoms with Crippen molar-refractivity contribution in [3.63, 3.8) is 0 Å². The Hall–Kier alpha value is -3.48. The number of rotatable bonds is 5. The Morgan fingerprint density at radius 3 is 2.52 bits per heavy atom. The maximum Gasteiger partial charge on any atom is 0.310 e. The van der Waals surface area contributed by atoms with E-state index in [1.807, 2.05) is 6.07 Å². The standard InChI is InChI=1S/C22H23N3O4/c1-22(2,3)29-21(28)12-15-8-4-5-9-16(15)24-19(26)14-25-18-11-7-6-10-17(18)23-13-20(25)27/h4-11,13H,12,14H2,1-3H3,(H,24,26). The molecule has 0 saturated carbocycles. The van der Waals surface area contributed by atoms with Gasteiger partial charge in [-0.1, -0.05) is 30.3 Å². The van der Waals surface area contributed by atoms with Crippen LogP contribution >= 0.6 is 0 Å². The molecule has 3 aromatic rings. The summed E-state index contributed by atoms with van der Waals surface area (Å²) in [5.41, 5.74) is 1.42. The lowest BCUT2D eigenvalue weighted by molar-refractivity contribution is -0.153. The van der Waals surface area contributed by atoms with Crippen molar-refractivity contribution < 1.29 is 14.3 Å². The zero-order chi connectivity index (χ0) is 21.0. The van der Waals surface area contributed by atoms with Crippen LogP contribution in [0.3, 0.4) is 0 Å². The fourth-order valence-electron chi connectivity index (χ4n) is 2.94. The first-order valence-corrected chi connectivity index (χ1v) is 9.27. The van der Waals surface area contributed by atoms with Gasteiger partial charge in [0.1, 0.15) is 12.1 Å². The number of carbonyl (C=O) groups is 2. The number of benzene rings is 2. The molecule has 1 N–H and O–H groups in total. The molecule has 0 unspecified atom stereocenters. The first-order valence-electron chi connectivity index (χ1n) is 9.27. The smallest absolute Gasteiger partial charge is 0.310 e. The van der Waals surface area contributed by atoms with Crippen LogP contribution in [0.15, 0.2) is 59.5 Å². The molecular formula is C22H23N3O4. The fraction of sp³-hybridized carbons (Fsp3) is 0.273. The predicted molar refractivity (Wildman–Crippen MR) is 111 cm³/mol. The second kappa shape index (κ2) is 8.26. The first-order chi connectivity index (χ1) is 13.7. The number of hydrogen-bond acceptors (Lipinski definition) is 5. The molecule has 7 heteroatoms. The number of hydrogen-bond donors (Lipinski definition) is 1. The van der Waals surface area contributed by atoms with Crippen molar-refractivity contribution in [2.75, 3.05) is 5.32 Å². The van der Waals surface area contributed by atoms with E-state index in [0.29, 0.717) is 22.3 Å². The maximum atomic E-state index is 12.6. The van der Waals surface area contributed by atoms with E-state index in [0.717, 1.165) is 0 Å². The van der Waals surface area contributed by atoms with Crippen molar-refractivity contribution in [2.24, 2.45) is 0 Å². The van der Waals surface area contributed by atoms with Gasteiger partial charge in [0.05, 0.1) is 23.7 Å². The third-order valence-corrected chi connectivity index (χ3v) is 4.10. The number of nitrogens with one attached hydrogen (secondary N) is 1. The van der Waals surface area contributed by atoms with E-state index in [4.69, 9.17) is 4.74 Å². The van der Waals surface area contributed by atoms with Gasteiger partial charge in [0, 0.05) is 5.69 Å². The van der Waals surface area contributed by atoms with Gasteiger partial charge < -0.3 is 10.1 Å². The Balaban J connectivity index is 1.78. The van der Waals surface area contributed by atoms with Crippen LogP contribution in [0.4, 0.5) is 5.69 Å². The highest BCUT2D eigenvalue weighted by atomic mass is 16.6. The van der Waals surface area contributed by atoms with Gasteiger partial charge in [-0.2, -0.15) is 0 Å². The summed E-state index contributed by atoms with van der Waals surface area (Å²) in [4.78, 5) is 41.1. The largest absolute Gasteiger partial charge is 0.460 e. The number of anilines is 1. The molecule has 0 spiro atoms. The van der Waals surface area contributed by atoms with Gasteiger partial charge in [0.2, 0.25) is 5.91 Å². The molecule has 0 aliphatic carbocycles. The van der Waals surface area contributed by atoms with E-state index in [1.165, 1.54) is 10.8 Å². The quantitative estimate of drug-likeness (QED) is 0.673. The van der Waals surface area contributed by atoms with Crippen molar-refractivity contribution >= 4 is 28.6 Å². The highest BCUT2D eigenvalue weighted by molar-refractivity contribution is 5.93. The van der Waals surface area contributed by atoms with Crippen molar-refractivity contribution in [3.8, 4) is 0 Å². The number of amides is 1. The molecule has 0 saturated heterocycles. The molecule has 29 heavy (non-hydrogen) atoms. The zero-order valence-electron chi connectivity index (χ0n) is 16.6. The van der Waals surface area contributed by atoms with Crippen LogP contribution in [0.25, 0.3) is 11.0 Å². The summed E-state index contributed by atoms with van der Waals surface area (Å²) in [6.45, 7) is 5.24. The van der Waals surface area contributed by atoms with E-state index in [2.05, 4.69) is 10.3 Å². The van der Waals surface area contributed by atoms with E-state index >= 15 is 0 Å². The SMILES string of the molecule is CC(C)(C)OC(=O)Cc1ccccc1NC(=O)Cn1c(=O)cnc2ccccc21. The lowest BCUT2D eigenvalue weighted by atomic mass is 10.1. The molecule has 150 valence electrons. The van der Waals surface area contributed by atoms with Crippen molar-refractivity contribution in [1.82, 2.24) is 9.55 Å². The van der Waals surface area contributed by atoms with E-state index < -0.39 is 5.60 Å². The summed E-state index contributed by atoms with van der Waals surface area (Å²) < 4.78 is 6.73. The van der Waals surface area contributed by atoms with Crippen LogP contribution in [0.1, 0.15) is 26.3 Å². The Morgan fingerprint density at radius 1 is 1.07 bits per heavy atom. The minimum Gasteiger partial charge on any atom is -0.460 e. The molecular weight excluding hydrogens is 370 g/mol. The number of carbonyl (C=O) groups excluding carboxylic acids is 2. The summed E-state index contributed by atoms with van der Waals surface area (Å²) in [6.07, 6.45) is 1.23. The number of aromatic nitrogens is 2. The molecule has 0 fully saturated rings. The molecule has 0 atom stereocenters. The average Bonchev–Trinajstić information content (AvgIpc) is 2.64. The number of esters is 1. The molecule has 1 amide bonds. The normalized spacial score (nSPS) is 11.3. The topological polar surface area (TPSA) is 90.3 Å². The van der Waals surface area contributed by atoms with Gasteiger partial charge >= 0.3 is 5.97 Å². The number of ether oxygens (including phenoxy) is 1. The minimum absolute atomic E-state index is 0.0336. The molecule has 0 bridgehead atoms. The Bertz CT molecular complexity index is 1110. The van der Waals surface area contributed by atoms with Crippen LogP contribution in [-0.2, 0) is 27.3 Å². The molecule has 7 nitrogen and oxygen atoms in total. The highest BCUT2D eigenvalue weighted by Gasteiger charge is 2.18. The molecule has 0 radical (unpaired) electrons. The number of para-hydroxylation sites is 3. The lowest BCUT2D eigenvalue weighted by Crippen LogP contribution is -2.28. The second-order valence-corrected chi connectivity index (χ2v) is 7.64. The number of fused-ring (bicyclic) bond motifs is 1. The first kappa shape index (κ1) is 20.3. The van der Waals surface area contributed by atoms with Crippen LogP contribution < -0.4 is 10.9 Å². The monoisotopic (exact) mass is 393 g/mol. The molecule has 0 aliphatic rings. The lowest BCUT2D eigenvalue weighted by Gasteiger charge is -2.20. The Morgan fingerprint density at radius 2 is 1.76 bits per heavy atom. The van der Waals surface area contributed by atoms with Crippen LogP contribution in [0.2, 0.25) is 0 Å². The fourth-order valence-corrected chi connectivity index (χ4v) is 2.94. The second-order valence-electron chi connectivity index (χ2n) is 7.64. The van der Waals surface area contributed by atoms with Crippen LogP contribution in [-0.4, -0.2) is 27.0 Å². The van der Waals surface area contributed by atoms with Gasteiger partial charge in [-0.25, -0.2) is 4.98 Å². The maximum absolute atomic E-state index is 12.6. The minimum atomic E-state index is -0.584. The van der Waals surface area contributed by atoms with Gasteiger partial charge in [-0.3, -0.25) is 19.0 Å². The molecule has 0 aliphatic heterocycles. The van der Waals surface area contributed by atoms with Crippen LogP contribution in [0.5, 0.6) is 0 Å². The van der Waals surface area contributed by atoms with E-state index in [1.54, 1.807) is 63.2 Å². The number of nitrogens with zero attached hydrogens (tertiary/aromatic N) is 2. The van der Waals surface area contributed by atoms with E-state index in [-0.39, 0.29) is 30.4 Å².